The average Bonchev–Trinajstić information content (AvgIpc) is 3.05. The van der Waals surface area contributed by atoms with Gasteiger partial charge in [-0.25, -0.2) is 13.8 Å². The van der Waals surface area contributed by atoms with E-state index >= 15 is 0 Å². The maximum absolute atomic E-state index is 14.2. The number of likely N-dealkylation sites (tertiary alicyclic amines) is 1. The Bertz CT molecular complexity index is 789. The topological polar surface area (TPSA) is 34.6 Å². The lowest BCUT2D eigenvalue weighted by Crippen LogP contribution is -2.52. The molecule has 0 radical (unpaired) electrons. The number of aromatic nitrogens is 1. The third-order valence-electron chi connectivity index (χ3n) is 5.98. The van der Waals surface area contributed by atoms with Gasteiger partial charge < -0.3 is 9.47 Å². The summed E-state index contributed by atoms with van der Waals surface area (Å²) in [7, 11) is 1.75. The second-order valence-corrected chi connectivity index (χ2v) is 7.40. The Morgan fingerprint density at radius 2 is 2.07 bits per heavy atom. The lowest BCUT2D eigenvalue weighted by atomic mass is 9.79. The maximum Gasteiger partial charge on any atom is 0.213 e. The van der Waals surface area contributed by atoms with E-state index in [0.717, 1.165) is 38.3 Å². The fourth-order valence-electron chi connectivity index (χ4n) is 4.53. The van der Waals surface area contributed by atoms with Crippen molar-refractivity contribution in [1.82, 2.24) is 9.88 Å². The molecule has 2 aliphatic rings. The van der Waals surface area contributed by atoms with Gasteiger partial charge in [-0.15, -0.1) is 0 Å². The van der Waals surface area contributed by atoms with Crippen molar-refractivity contribution in [2.24, 2.45) is 0 Å². The Morgan fingerprint density at radius 1 is 1.19 bits per heavy atom. The van der Waals surface area contributed by atoms with Crippen LogP contribution in [0.25, 0.3) is 0 Å². The second-order valence-electron chi connectivity index (χ2n) is 7.40. The van der Waals surface area contributed by atoms with Crippen LogP contribution < -0.4 is 4.74 Å². The summed E-state index contributed by atoms with van der Waals surface area (Å²) in [6.07, 6.45) is 5.19. The highest BCUT2D eigenvalue weighted by Crippen LogP contribution is 2.43. The Kier molecular flexibility index (Phi) is 5.10. The molecule has 0 N–H and O–H groups in total. The zero-order valence-electron chi connectivity index (χ0n) is 15.4. The molecule has 4 nitrogen and oxygen atoms in total. The molecule has 2 fully saturated rings. The molecule has 1 aromatic heterocycles. The third kappa shape index (κ3) is 3.56. The van der Waals surface area contributed by atoms with Crippen LogP contribution in [-0.2, 0) is 11.3 Å². The molecule has 0 bridgehead atoms. The number of pyridine rings is 1. The summed E-state index contributed by atoms with van der Waals surface area (Å²) in [5.74, 6) is -0.942. The molecule has 3 atom stereocenters. The summed E-state index contributed by atoms with van der Waals surface area (Å²) in [5.41, 5.74) is 0.142. The van der Waals surface area contributed by atoms with Crippen LogP contribution in [-0.4, -0.2) is 41.3 Å². The molecule has 0 amide bonds. The lowest BCUT2D eigenvalue weighted by molar-refractivity contribution is -0.0844. The monoisotopic (exact) mass is 374 g/mol. The molecule has 2 aromatic rings. The third-order valence-corrected chi connectivity index (χ3v) is 5.98. The predicted octanol–water partition coefficient (Wildman–Crippen LogP) is 3.95. The number of fused-ring (bicyclic) bond motifs is 1. The van der Waals surface area contributed by atoms with Gasteiger partial charge >= 0.3 is 0 Å². The normalized spacial score (nSPS) is 28.1. The van der Waals surface area contributed by atoms with Crippen molar-refractivity contribution in [2.45, 2.75) is 50.0 Å². The molecule has 4 rings (SSSR count). The molecule has 144 valence electrons. The van der Waals surface area contributed by atoms with Crippen LogP contribution in [0.15, 0.2) is 42.6 Å². The van der Waals surface area contributed by atoms with E-state index in [1.165, 1.54) is 0 Å². The van der Waals surface area contributed by atoms with Gasteiger partial charge in [0.1, 0.15) is 6.10 Å². The lowest BCUT2D eigenvalue weighted by Gasteiger charge is -2.43. The van der Waals surface area contributed by atoms with Gasteiger partial charge in [-0.3, -0.25) is 4.90 Å². The molecule has 1 saturated carbocycles. The summed E-state index contributed by atoms with van der Waals surface area (Å²) in [4.78, 5) is 6.45. The molecule has 0 spiro atoms. The smallest absolute Gasteiger partial charge is 0.213 e. The van der Waals surface area contributed by atoms with Crippen LogP contribution in [0.4, 0.5) is 8.78 Å². The van der Waals surface area contributed by atoms with E-state index in [9.17, 15) is 8.78 Å². The van der Waals surface area contributed by atoms with Crippen LogP contribution in [0.3, 0.4) is 0 Å². The minimum atomic E-state index is -0.801. The van der Waals surface area contributed by atoms with E-state index in [1.807, 2.05) is 18.2 Å². The Balaban J connectivity index is 1.51. The van der Waals surface area contributed by atoms with Gasteiger partial charge in [0.15, 0.2) is 11.6 Å². The average molecular weight is 374 g/mol. The van der Waals surface area contributed by atoms with Crippen molar-refractivity contribution in [3.8, 4) is 5.88 Å². The van der Waals surface area contributed by atoms with E-state index < -0.39 is 11.6 Å². The number of methoxy groups -OCH3 is 1. The SMILES string of the molecule is CO[C@@]12CC[C@@H](Oc3ccccn3)C[C@@H]1N(Cc1cccc(F)c1F)CC2. The molecular formula is C21H24F2N2O2. The summed E-state index contributed by atoms with van der Waals surface area (Å²) in [6, 6.07) is 10.1. The largest absolute Gasteiger partial charge is 0.474 e. The first-order chi connectivity index (χ1) is 13.1. The van der Waals surface area contributed by atoms with Crippen LogP contribution >= 0.6 is 0 Å². The highest BCUT2D eigenvalue weighted by atomic mass is 19.2. The fraction of sp³-hybridized carbons (Fsp3) is 0.476. The summed E-state index contributed by atoms with van der Waals surface area (Å²) >= 11 is 0. The minimum absolute atomic E-state index is 0.0335. The first kappa shape index (κ1) is 18.3. The molecule has 2 heterocycles. The Morgan fingerprint density at radius 3 is 2.85 bits per heavy atom. The van der Waals surface area contributed by atoms with E-state index in [0.29, 0.717) is 18.0 Å². The van der Waals surface area contributed by atoms with Gasteiger partial charge in [-0.2, -0.15) is 0 Å². The van der Waals surface area contributed by atoms with E-state index in [-0.39, 0.29) is 17.7 Å². The summed E-state index contributed by atoms with van der Waals surface area (Å²) in [5, 5.41) is 0. The molecule has 1 aromatic carbocycles. The minimum Gasteiger partial charge on any atom is -0.474 e. The first-order valence-corrected chi connectivity index (χ1v) is 9.41. The number of nitrogens with zero attached hydrogens (tertiary/aromatic N) is 2. The van der Waals surface area contributed by atoms with Gasteiger partial charge in [-0.05, 0) is 31.4 Å². The van der Waals surface area contributed by atoms with Gasteiger partial charge in [-0.1, -0.05) is 18.2 Å². The standard InChI is InChI=1S/C21H24F2N2O2/c1-26-21-9-8-16(27-19-7-2-3-11-24-19)13-18(21)25(12-10-21)14-15-5-4-6-17(22)20(15)23/h2-7,11,16,18H,8-10,12-14H2,1H3/t16-,18+,21-/m1/s1. The zero-order valence-corrected chi connectivity index (χ0v) is 15.4. The molecule has 1 aliphatic heterocycles. The van der Waals surface area contributed by atoms with Crippen molar-refractivity contribution < 1.29 is 18.3 Å². The quantitative estimate of drug-likeness (QED) is 0.794. The summed E-state index contributed by atoms with van der Waals surface area (Å²) in [6.45, 7) is 1.17. The van der Waals surface area contributed by atoms with E-state index in [4.69, 9.17) is 9.47 Å². The fourth-order valence-corrected chi connectivity index (χ4v) is 4.53. The molecule has 27 heavy (non-hydrogen) atoms. The molecule has 1 aliphatic carbocycles. The Labute approximate surface area is 158 Å². The highest BCUT2D eigenvalue weighted by molar-refractivity contribution is 5.20. The zero-order chi connectivity index (χ0) is 18.9. The molecule has 6 heteroatoms. The van der Waals surface area contributed by atoms with Crippen LogP contribution in [0.1, 0.15) is 31.2 Å². The number of hydrogen-bond donors (Lipinski definition) is 0. The van der Waals surface area contributed by atoms with Crippen molar-refractivity contribution in [1.29, 1.82) is 0 Å². The van der Waals surface area contributed by atoms with Gasteiger partial charge in [0.05, 0.1) is 5.60 Å². The molecule has 1 saturated heterocycles. The molecular weight excluding hydrogens is 350 g/mol. The number of benzene rings is 1. The number of ether oxygens (including phenoxy) is 2. The first-order valence-electron chi connectivity index (χ1n) is 9.41. The van der Waals surface area contributed by atoms with Gasteiger partial charge in [0.25, 0.3) is 0 Å². The van der Waals surface area contributed by atoms with Gasteiger partial charge in [0.2, 0.25) is 5.88 Å². The second kappa shape index (κ2) is 7.52. The number of rotatable bonds is 5. The van der Waals surface area contributed by atoms with Crippen LogP contribution in [0.5, 0.6) is 5.88 Å². The predicted molar refractivity (Wildman–Crippen MR) is 97.4 cm³/mol. The summed E-state index contributed by atoms with van der Waals surface area (Å²) < 4.78 is 39.8. The Hall–Kier alpha value is -2.05. The van der Waals surface area contributed by atoms with Crippen molar-refractivity contribution in [2.75, 3.05) is 13.7 Å². The van der Waals surface area contributed by atoms with Crippen molar-refractivity contribution in [3.05, 3.63) is 59.8 Å². The number of halogens is 2. The van der Waals surface area contributed by atoms with Crippen molar-refractivity contribution in [3.63, 3.8) is 0 Å². The molecule has 0 unspecified atom stereocenters. The van der Waals surface area contributed by atoms with Gasteiger partial charge in [0, 0.05) is 50.5 Å². The van der Waals surface area contributed by atoms with Crippen LogP contribution in [0, 0.1) is 11.6 Å². The highest BCUT2D eigenvalue weighted by Gasteiger charge is 2.51. The van der Waals surface area contributed by atoms with Crippen LogP contribution in [0.2, 0.25) is 0 Å². The van der Waals surface area contributed by atoms with E-state index in [2.05, 4.69) is 9.88 Å². The van der Waals surface area contributed by atoms with Crippen molar-refractivity contribution >= 4 is 0 Å². The van der Waals surface area contributed by atoms with E-state index in [1.54, 1.807) is 25.4 Å². The number of hydrogen-bond acceptors (Lipinski definition) is 4. The maximum atomic E-state index is 14.2.